The fraction of sp³-hybridized carbons (Fsp3) is 0.320. The molecule has 1 fully saturated rings. The van der Waals surface area contributed by atoms with Crippen molar-refractivity contribution in [1.82, 2.24) is 14.7 Å². The number of halogens is 1. The minimum atomic E-state index is -0.232. The summed E-state index contributed by atoms with van der Waals surface area (Å²) in [6.45, 7) is 5.80. The first-order chi connectivity index (χ1) is 15.3. The Morgan fingerprint density at radius 1 is 1.12 bits per heavy atom. The maximum Gasteiger partial charge on any atom is 0.257 e. The molecular weight excluding hydrogens is 424 g/mol. The lowest BCUT2D eigenvalue weighted by Crippen LogP contribution is -2.35. The standard InChI is InChI=1S/C25H27ClN4O2/c1-15-8-11-19(12-21(15)26)30-24(18-9-10-18)20(13-27-30)25(32)29(4)14-22(31)28-23-16(2)6-5-7-17(23)3/h5-8,11-13,18H,9-10,14H2,1-4H3,(H,28,31). The highest BCUT2D eigenvalue weighted by Gasteiger charge is 2.34. The third-order valence-corrected chi connectivity index (χ3v) is 6.28. The molecular formula is C25H27ClN4O2. The van der Waals surface area contributed by atoms with Gasteiger partial charge in [0.05, 0.1) is 29.7 Å². The molecule has 166 valence electrons. The highest BCUT2D eigenvalue weighted by atomic mass is 35.5. The van der Waals surface area contributed by atoms with E-state index in [1.54, 1.807) is 17.9 Å². The number of nitrogens with one attached hydrogen (secondary N) is 1. The molecule has 1 N–H and O–H groups in total. The van der Waals surface area contributed by atoms with Gasteiger partial charge in [-0.2, -0.15) is 5.10 Å². The minimum Gasteiger partial charge on any atom is -0.332 e. The van der Waals surface area contributed by atoms with Gasteiger partial charge in [-0.1, -0.05) is 35.9 Å². The maximum atomic E-state index is 13.3. The van der Waals surface area contributed by atoms with Gasteiger partial charge in [0.1, 0.15) is 0 Å². The van der Waals surface area contributed by atoms with E-state index in [1.165, 1.54) is 4.90 Å². The minimum absolute atomic E-state index is 0.0434. The van der Waals surface area contributed by atoms with E-state index in [9.17, 15) is 9.59 Å². The van der Waals surface area contributed by atoms with Gasteiger partial charge >= 0.3 is 0 Å². The molecule has 32 heavy (non-hydrogen) atoms. The normalized spacial score (nSPS) is 13.2. The summed E-state index contributed by atoms with van der Waals surface area (Å²) < 4.78 is 1.81. The van der Waals surface area contributed by atoms with E-state index in [-0.39, 0.29) is 24.3 Å². The van der Waals surface area contributed by atoms with Crippen molar-refractivity contribution in [2.45, 2.75) is 39.5 Å². The average molecular weight is 451 g/mol. The molecule has 2 amide bonds. The van der Waals surface area contributed by atoms with Crippen molar-refractivity contribution in [3.8, 4) is 5.69 Å². The Kier molecular flexibility index (Phi) is 6.07. The zero-order valence-electron chi connectivity index (χ0n) is 18.8. The van der Waals surface area contributed by atoms with E-state index < -0.39 is 0 Å². The number of aromatic nitrogens is 2. The van der Waals surface area contributed by atoms with Crippen LogP contribution >= 0.6 is 11.6 Å². The monoisotopic (exact) mass is 450 g/mol. The molecule has 1 heterocycles. The smallest absolute Gasteiger partial charge is 0.257 e. The lowest BCUT2D eigenvalue weighted by atomic mass is 10.1. The number of likely N-dealkylation sites (N-methyl/N-ethyl adjacent to an activating group) is 1. The second-order valence-electron chi connectivity index (χ2n) is 8.54. The Morgan fingerprint density at radius 2 is 1.81 bits per heavy atom. The quantitative estimate of drug-likeness (QED) is 0.572. The van der Waals surface area contributed by atoms with E-state index in [0.717, 1.165) is 46.6 Å². The van der Waals surface area contributed by atoms with Crippen molar-refractivity contribution in [3.63, 3.8) is 0 Å². The number of hydrogen-bond donors (Lipinski definition) is 1. The lowest BCUT2D eigenvalue weighted by Gasteiger charge is -2.18. The van der Waals surface area contributed by atoms with Crippen LogP contribution in [0.15, 0.2) is 42.6 Å². The molecule has 6 nitrogen and oxygen atoms in total. The fourth-order valence-corrected chi connectivity index (χ4v) is 4.05. The number of amides is 2. The zero-order chi connectivity index (χ0) is 23.0. The summed E-state index contributed by atoms with van der Waals surface area (Å²) in [5.74, 6) is -0.162. The zero-order valence-corrected chi connectivity index (χ0v) is 19.5. The van der Waals surface area contributed by atoms with Gasteiger partial charge in [0.15, 0.2) is 0 Å². The van der Waals surface area contributed by atoms with E-state index in [4.69, 9.17) is 11.6 Å². The Morgan fingerprint density at radius 3 is 2.44 bits per heavy atom. The highest BCUT2D eigenvalue weighted by molar-refractivity contribution is 6.31. The van der Waals surface area contributed by atoms with Crippen LogP contribution in [0.1, 0.15) is 51.5 Å². The van der Waals surface area contributed by atoms with Gasteiger partial charge in [0, 0.05) is 23.7 Å². The largest absolute Gasteiger partial charge is 0.332 e. The first-order valence-electron chi connectivity index (χ1n) is 10.7. The third kappa shape index (κ3) is 4.41. The van der Waals surface area contributed by atoms with Gasteiger partial charge in [0.2, 0.25) is 5.91 Å². The Bertz CT molecular complexity index is 1180. The first-order valence-corrected chi connectivity index (χ1v) is 11.1. The highest BCUT2D eigenvalue weighted by Crippen LogP contribution is 2.43. The van der Waals surface area contributed by atoms with Crippen LogP contribution in [-0.4, -0.2) is 40.1 Å². The van der Waals surface area contributed by atoms with Crippen LogP contribution in [0.3, 0.4) is 0 Å². The number of hydrogen-bond acceptors (Lipinski definition) is 3. The summed E-state index contributed by atoms with van der Waals surface area (Å²) in [5, 5.41) is 8.10. The Hall–Kier alpha value is -3.12. The topological polar surface area (TPSA) is 67.2 Å². The summed E-state index contributed by atoms with van der Waals surface area (Å²) in [7, 11) is 1.64. The van der Waals surface area contributed by atoms with Gasteiger partial charge in [-0.3, -0.25) is 9.59 Å². The number of aryl methyl sites for hydroxylation is 3. The fourth-order valence-electron chi connectivity index (χ4n) is 3.87. The van der Waals surface area contributed by atoms with Crippen molar-refractivity contribution >= 4 is 29.1 Å². The molecule has 0 saturated heterocycles. The number of rotatable bonds is 6. The number of carbonyl (C=O) groups is 2. The number of benzene rings is 2. The van der Waals surface area contributed by atoms with E-state index >= 15 is 0 Å². The Labute approximate surface area is 193 Å². The number of anilines is 1. The maximum absolute atomic E-state index is 13.3. The second kappa shape index (κ2) is 8.79. The summed E-state index contributed by atoms with van der Waals surface area (Å²) in [5.41, 5.74) is 6.01. The van der Waals surface area contributed by atoms with Crippen molar-refractivity contribution in [1.29, 1.82) is 0 Å². The van der Waals surface area contributed by atoms with Crippen LogP contribution in [0.25, 0.3) is 5.69 Å². The van der Waals surface area contributed by atoms with Crippen molar-refractivity contribution in [2.75, 3.05) is 18.9 Å². The van der Waals surface area contributed by atoms with Crippen molar-refractivity contribution < 1.29 is 9.59 Å². The summed E-state index contributed by atoms with van der Waals surface area (Å²) in [6.07, 6.45) is 3.63. The number of nitrogens with zero attached hydrogens (tertiary/aromatic N) is 3. The lowest BCUT2D eigenvalue weighted by molar-refractivity contribution is -0.116. The summed E-state index contributed by atoms with van der Waals surface area (Å²) >= 11 is 6.32. The molecule has 3 aromatic rings. The Balaban J connectivity index is 1.54. The van der Waals surface area contributed by atoms with E-state index in [0.29, 0.717) is 10.6 Å². The predicted octanol–water partition coefficient (Wildman–Crippen LogP) is 5.04. The number of para-hydroxylation sites is 1. The molecule has 1 aliphatic rings. The van der Waals surface area contributed by atoms with E-state index in [1.807, 2.05) is 57.2 Å². The molecule has 0 aliphatic heterocycles. The molecule has 0 unspecified atom stereocenters. The van der Waals surface area contributed by atoms with Crippen molar-refractivity contribution in [3.05, 3.63) is 75.6 Å². The van der Waals surface area contributed by atoms with E-state index in [2.05, 4.69) is 10.4 Å². The predicted molar refractivity (Wildman–Crippen MR) is 127 cm³/mol. The average Bonchev–Trinajstić information content (AvgIpc) is 3.50. The first kappa shape index (κ1) is 22.1. The van der Waals surface area contributed by atoms with Crippen LogP contribution in [-0.2, 0) is 4.79 Å². The molecule has 4 rings (SSSR count). The molecule has 1 aromatic heterocycles. The molecule has 1 saturated carbocycles. The molecule has 0 spiro atoms. The molecule has 0 atom stereocenters. The van der Waals surface area contributed by atoms with Gasteiger partial charge in [-0.15, -0.1) is 0 Å². The van der Waals surface area contributed by atoms with Gasteiger partial charge in [-0.25, -0.2) is 4.68 Å². The van der Waals surface area contributed by atoms with Gasteiger partial charge in [0.25, 0.3) is 5.91 Å². The van der Waals surface area contributed by atoms with Crippen LogP contribution in [0.2, 0.25) is 5.02 Å². The van der Waals surface area contributed by atoms with Crippen LogP contribution in [0.4, 0.5) is 5.69 Å². The second-order valence-corrected chi connectivity index (χ2v) is 8.95. The SMILES string of the molecule is Cc1ccc(-n2ncc(C(=O)N(C)CC(=O)Nc3c(C)cccc3C)c2C2CC2)cc1Cl. The molecule has 0 radical (unpaired) electrons. The summed E-state index contributed by atoms with van der Waals surface area (Å²) in [4.78, 5) is 27.3. The molecule has 7 heteroatoms. The van der Waals surface area contributed by atoms with Gasteiger partial charge in [-0.05, 0) is 62.4 Å². The molecule has 0 bridgehead atoms. The van der Waals surface area contributed by atoms with Crippen LogP contribution < -0.4 is 5.32 Å². The van der Waals surface area contributed by atoms with Gasteiger partial charge < -0.3 is 10.2 Å². The number of carbonyl (C=O) groups excluding carboxylic acids is 2. The van der Waals surface area contributed by atoms with Crippen LogP contribution in [0.5, 0.6) is 0 Å². The molecule has 1 aliphatic carbocycles. The molecule has 2 aromatic carbocycles. The van der Waals surface area contributed by atoms with Crippen molar-refractivity contribution in [2.24, 2.45) is 0 Å². The third-order valence-electron chi connectivity index (χ3n) is 5.87. The summed E-state index contributed by atoms with van der Waals surface area (Å²) in [6, 6.07) is 11.6. The van der Waals surface area contributed by atoms with Crippen LogP contribution in [0, 0.1) is 20.8 Å².